The molecular formula is C19H24N4O4. The van der Waals surface area contributed by atoms with Crippen LogP contribution in [-0.4, -0.2) is 40.8 Å². The Labute approximate surface area is 157 Å². The van der Waals surface area contributed by atoms with Crippen molar-refractivity contribution in [2.45, 2.75) is 32.7 Å². The van der Waals surface area contributed by atoms with Gasteiger partial charge in [0.1, 0.15) is 18.6 Å². The first-order valence-corrected chi connectivity index (χ1v) is 9.35. The second kappa shape index (κ2) is 7.09. The average Bonchev–Trinajstić information content (AvgIpc) is 3.11. The lowest BCUT2D eigenvalue weighted by Gasteiger charge is -2.32. The van der Waals surface area contributed by atoms with Crippen LogP contribution >= 0.6 is 0 Å². The molecule has 1 saturated heterocycles. The highest BCUT2D eigenvalue weighted by molar-refractivity contribution is 5.49. The molecular weight excluding hydrogens is 348 g/mol. The number of piperidine rings is 1. The predicted octanol–water partition coefficient (Wildman–Crippen LogP) is 3.26. The zero-order valence-corrected chi connectivity index (χ0v) is 15.5. The van der Waals surface area contributed by atoms with Crippen molar-refractivity contribution in [1.82, 2.24) is 9.55 Å². The van der Waals surface area contributed by atoms with Crippen molar-refractivity contribution >= 4 is 11.5 Å². The number of nitro groups is 1. The molecule has 0 N–H and O–H groups in total. The molecule has 8 nitrogen and oxygen atoms in total. The number of aromatic nitrogens is 2. The van der Waals surface area contributed by atoms with E-state index in [0.717, 1.165) is 18.8 Å². The first kappa shape index (κ1) is 17.6. The summed E-state index contributed by atoms with van der Waals surface area (Å²) in [5.74, 6) is 0.628. The van der Waals surface area contributed by atoms with E-state index in [0.29, 0.717) is 25.8 Å². The summed E-state index contributed by atoms with van der Waals surface area (Å²) in [4.78, 5) is 16.7. The van der Waals surface area contributed by atoms with Crippen LogP contribution in [0.15, 0.2) is 30.5 Å². The van der Waals surface area contributed by atoms with Gasteiger partial charge in [-0.05, 0) is 48.5 Å². The zero-order valence-electron chi connectivity index (χ0n) is 15.5. The van der Waals surface area contributed by atoms with Crippen molar-refractivity contribution in [2.75, 3.05) is 31.2 Å². The Kier molecular flexibility index (Phi) is 4.63. The molecule has 0 amide bonds. The molecule has 2 aromatic rings. The Bertz CT molecular complexity index is 814. The number of benzene rings is 1. The van der Waals surface area contributed by atoms with Gasteiger partial charge in [0.05, 0.1) is 12.0 Å². The predicted molar refractivity (Wildman–Crippen MR) is 100 cm³/mol. The number of nitrogens with zero attached hydrogens (tertiary/aromatic N) is 4. The van der Waals surface area contributed by atoms with E-state index in [-0.39, 0.29) is 11.2 Å². The average molecular weight is 372 g/mol. The van der Waals surface area contributed by atoms with E-state index in [1.807, 2.05) is 19.1 Å². The molecule has 1 aromatic heterocycles. The van der Waals surface area contributed by atoms with Crippen LogP contribution in [0, 0.1) is 15.5 Å². The van der Waals surface area contributed by atoms with Gasteiger partial charge in [-0.2, -0.15) is 0 Å². The smallest absolute Gasteiger partial charge is 0.414 e. The third-order valence-electron chi connectivity index (χ3n) is 5.16. The van der Waals surface area contributed by atoms with E-state index in [2.05, 4.69) is 22.0 Å². The Morgan fingerprint density at radius 2 is 2.00 bits per heavy atom. The summed E-state index contributed by atoms with van der Waals surface area (Å²) in [6.45, 7) is 5.72. The highest BCUT2D eigenvalue weighted by Crippen LogP contribution is 2.32. The van der Waals surface area contributed by atoms with Gasteiger partial charge in [0, 0.05) is 30.3 Å². The highest BCUT2D eigenvalue weighted by Gasteiger charge is 2.36. The lowest BCUT2D eigenvalue weighted by molar-refractivity contribution is -0.389. The summed E-state index contributed by atoms with van der Waals surface area (Å²) in [5, 5.41) is 10.9. The van der Waals surface area contributed by atoms with Crippen molar-refractivity contribution in [2.24, 2.45) is 5.41 Å². The summed E-state index contributed by atoms with van der Waals surface area (Å²) >= 11 is 0. The number of hydrogen-bond donors (Lipinski definition) is 0. The van der Waals surface area contributed by atoms with E-state index >= 15 is 0 Å². The minimum atomic E-state index is -0.508. The quantitative estimate of drug-likeness (QED) is 0.592. The Hall–Kier alpha value is -2.77. The molecule has 4 rings (SSSR count). The molecule has 1 fully saturated rings. The lowest BCUT2D eigenvalue weighted by atomic mass is 9.92. The van der Waals surface area contributed by atoms with Crippen LogP contribution in [0.1, 0.15) is 26.2 Å². The molecule has 0 radical (unpaired) electrons. The fourth-order valence-corrected chi connectivity index (χ4v) is 3.65. The summed E-state index contributed by atoms with van der Waals surface area (Å²) in [6.07, 6.45) is 5.25. The molecule has 2 aliphatic heterocycles. The highest BCUT2D eigenvalue weighted by atomic mass is 16.6. The number of imidazole rings is 1. The third kappa shape index (κ3) is 3.84. The zero-order chi connectivity index (χ0) is 18.9. The van der Waals surface area contributed by atoms with Crippen LogP contribution in [-0.2, 0) is 6.54 Å². The van der Waals surface area contributed by atoms with Crippen LogP contribution in [0.4, 0.5) is 11.5 Å². The number of ether oxygens (including phenoxy) is 2. The van der Waals surface area contributed by atoms with Gasteiger partial charge in [0.15, 0.2) is 0 Å². The molecule has 0 aliphatic carbocycles. The molecule has 0 saturated carbocycles. The van der Waals surface area contributed by atoms with Gasteiger partial charge in [0.25, 0.3) is 0 Å². The topological polar surface area (TPSA) is 82.7 Å². The number of anilines is 1. The maximum Gasteiger partial charge on any atom is 0.414 e. The summed E-state index contributed by atoms with van der Waals surface area (Å²) in [7, 11) is 0. The first-order chi connectivity index (χ1) is 13.0. The second-order valence-corrected chi connectivity index (χ2v) is 7.70. The van der Waals surface area contributed by atoms with E-state index < -0.39 is 4.92 Å². The molecule has 0 spiro atoms. The van der Waals surface area contributed by atoms with Gasteiger partial charge in [-0.25, -0.2) is 0 Å². The van der Waals surface area contributed by atoms with Crippen LogP contribution in [0.25, 0.3) is 0 Å². The second-order valence-electron chi connectivity index (χ2n) is 7.70. The van der Waals surface area contributed by atoms with Crippen molar-refractivity contribution in [3.05, 3.63) is 40.6 Å². The van der Waals surface area contributed by atoms with Gasteiger partial charge in [0.2, 0.25) is 0 Å². The van der Waals surface area contributed by atoms with Crippen molar-refractivity contribution in [3.63, 3.8) is 0 Å². The number of rotatable bonds is 5. The van der Waals surface area contributed by atoms with E-state index in [1.165, 1.54) is 31.1 Å². The van der Waals surface area contributed by atoms with Crippen LogP contribution < -0.4 is 14.4 Å². The minimum absolute atomic E-state index is 0.191. The van der Waals surface area contributed by atoms with Crippen LogP contribution in [0.2, 0.25) is 0 Å². The van der Waals surface area contributed by atoms with E-state index in [4.69, 9.17) is 9.47 Å². The fraction of sp³-hybridized carbons (Fsp3) is 0.526. The monoisotopic (exact) mass is 372 g/mol. The van der Waals surface area contributed by atoms with Crippen molar-refractivity contribution < 1.29 is 14.4 Å². The molecule has 27 heavy (non-hydrogen) atoms. The molecule has 2 aliphatic rings. The van der Waals surface area contributed by atoms with Crippen LogP contribution in [0.5, 0.6) is 11.8 Å². The molecule has 1 aromatic carbocycles. The lowest BCUT2D eigenvalue weighted by Crippen LogP contribution is -2.40. The van der Waals surface area contributed by atoms with E-state index in [1.54, 1.807) is 4.57 Å². The van der Waals surface area contributed by atoms with Crippen molar-refractivity contribution in [1.29, 1.82) is 0 Å². The molecule has 3 heterocycles. The summed E-state index contributed by atoms with van der Waals surface area (Å²) < 4.78 is 13.3. The number of fused-ring (bicyclic) bond motifs is 1. The minimum Gasteiger partial charge on any atom is -0.493 e. The Morgan fingerprint density at radius 1 is 1.26 bits per heavy atom. The van der Waals surface area contributed by atoms with Gasteiger partial charge in [-0.15, -0.1) is 0 Å². The first-order valence-electron chi connectivity index (χ1n) is 9.35. The summed E-state index contributed by atoms with van der Waals surface area (Å²) in [6, 6.07) is 8.52. The Balaban J connectivity index is 1.37. The Morgan fingerprint density at radius 3 is 2.70 bits per heavy atom. The normalized spacial score (nSPS) is 22.0. The van der Waals surface area contributed by atoms with Crippen LogP contribution in [0.3, 0.4) is 0 Å². The fourth-order valence-electron chi connectivity index (χ4n) is 3.65. The standard InChI is InChI=1S/C19H24N4O4/c1-19(12-22-11-17(23(24)25)20-18(22)27-14-19)13-26-16-7-5-15(6-8-16)21-9-3-2-4-10-21/h5-8,11H,2-4,9-10,12-14H2,1H3/t19-/m1/s1. The third-order valence-corrected chi connectivity index (χ3v) is 5.16. The van der Waals surface area contributed by atoms with Crippen molar-refractivity contribution in [3.8, 4) is 11.8 Å². The van der Waals surface area contributed by atoms with Gasteiger partial charge in [-0.1, -0.05) is 6.92 Å². The summed E-state index contributed by atoms with van der Waals surface area (Å²) in [5.41, 5.74) is 0.956. The van der Waals surface area contributed by atoms with Gasteiger partial charge < -0.3 is 24.5 Å². The number of hydrogen-bond acceptors (Lipinski definition) is 6. The molecule has 144 valence electrons. The van der Waals surface area contributed by atoms with Gasteiger partial charge >= 0.3 is 11.8 Å². The molecule has 0 unspecified atom stereocenters. The van der Waals surface area contributed by atoms with E-state index in [9.17, 15) is 10.1 Å². The maximum atomic E-state index is 10.9. The molecule has 1 atom stereocenters. The largest absolute Gasteiger partial charge is 0.493 e. The maximum absolute atomic E-state index is 10.9. The molecule has 0 bridgehead atoms. The molecule has 8 heteroatoms. The SMILES string of the molecule is C[C@@]1(COc2ccc(N3CCCCC3)cc2)COc2nc([N+](=O)[O-])cn2C1. The van der Waals surface area contributed by atoms with Gasteiger partial charge in [-0.3, -0.25) is 4.57 Å².